The molecule has 0 bridgehead atoms. The van der Waals surface area contributed by atoms with Crippen molar-refractivity contribution in [3.05, 3.63) is 29.8 Å². The Morgan fingerprint density at radius 1 is 1.12 bits per heavy atom. The number of benzene rings is 1. The van der Waals surface area contributed by atoms with Gasteiger partial charge in [0.05, 0.1) is 13.2 Å². The van der Waals surface area contributed by atoms with Crippen LogP contribution in [0.5, 0.6) is 5.75 Å². The lowest BCUT2D eigenvalue weighted by Gasteiger charge is -2.05. The van der Waals surface area contributed by atoms with Crippen LogP contribution in [-0.4, -0.2) is 25.6 Å². The summed E-state index contributed by atoms with van der Waals surface area (Å²) in [5.41, 5.74) is 0.716. The number of ketones is 1. The maximum atomic E-state index is 11.7. The quantitative estimate of drug-likeness (QED) is 0.514. The topological polar surface area (TPSA) is 35.5 Å². The van der Waals surface area contributed by atoms with Crippen molar-refractivity contribution in [2.45, 2.75) is 26.7 Å². The standard InChI is InChI=1S/C14H20O3/c1-3-10-17-13-7-5-12(6-8-13)14(15)9-11-16-4-2/h5-8H,3-4,9-11H2,1-2H3. The van der Waals surface area contributed by atoms with Gasteiger partial charge in [-0.3, -0.25) is 4.79 Å². The first kappa shape index (κ1) is 13.7. The molecule has 0 amide bonds. The SMILES string of the molecule is CCCOc1ccc(C(=O)CCOCC)cc1. The average molecular weight is 236 g/mol. The zero-order valence-corrected chi connectivity index (χ0v) is 10.6. The van der Waals surface area contributed by atoms with Gasteiger partial charge in [0.2, 0.25) is 0 Å². The molecule has 0 aliphatic heterocycles. The van der Waals surface area contributed by atoms with Gasteiger partial charge in [-0.25, -0.2) is 0 Å². The van der Waals surface area contributed by atoms with Crippen molar-refractivity contribution in [3.8, 4) is 5.75 Å². The van der Waals surface area contributed by atoms with Crippen molar-refractivity contribution in [1.82, 2.24) is 0 Å². The molecule has 1 aromatic rings. The van der Waals surface area contributed by atoms with Gasteiger partial charge in [0.1, 0.15) is 5.75 Å². The van der Waals surface area contributed by atoms with Crippen molar-refractivity contribution in [2.75, 3.05) is 19.8 Å². The van der Waals surface area contributed by atoms with Crippen LogP contribution in [0, 0.1) is 0 Å². The van der Waals surface area contributed by atoms with Crippen LogP contribution in [0.25, 0.3) is 0 Å². The number of Topliss-reactive ketones (excluding diaryl/α,β-unsaturated/α-hetero) is 1. The summed E-state index contributed by atoms with van der Waals surface area (Å²) >= 11 is 0. The van der Waals surface area contributed by atoms with Crippen LogP contribution in [0.15, 0.2) is 24.3 Å². The van der Waals surface area contributed by atoms with Gasteiger partial charge in [0.25, 0.3) is 0 Å². The monoisotopic (exact) mass is 236 g/mol. The van der Waals surface area contributed by atoms with Crippen molar-refractivity contribution in [2.24, 2.45) is 0 Å². The number of carbonyl (C=O) groups is 1. The maximum Gasteiger partial charge on any atom is 0.165 e. The predicted molar refractivity (Wildman–Crippen MR) is 67.7 cm³/mol. The van der Waals surface area contributed by atoms with Gasteiger partial charge in [-0.1, -0.05) is 6.92 Å². The van der Waals surface area contributed by atoms with E-state index in [1.165, 1.54) is 0 Å². The molecule has 0 saturated heterocycles. The van der Waals surface area contributed by atoms with E-state index in [1.54, 1.807) is 12.1 Å². The number of ether oxygens (including phenoxy) is 2. The van der Waals surface area contributed by atoms with Crippen LogP contribution in [0.1, 0.15) is 37.0 Å². The molecule has 0 N–H and O–H groups in total. The predicted octanol–water partition coefficient (Wildman–Crippen LogP) is 3.08. The van der Waals surface area contributed by atoms with Gasteiger partial charge in [0.15, 0.2) is 5.78 Å². The number of hydrogen-bond donors (Lipinski definition) is 0. The minimum atomic E-state index is 0.112. The normalized spacial score (nSPS) is 10.2. The fourth-order valence-corrected chi connectivity index (χ4v) is 1.41. The van der Waals surface area contributed by atoms with E-state index >= 15 is 0 Å². The van der Waals surface area contributed by atoms with E-state index in [-0.39, 0.29) is 5.78 Å². The summed E-state index contributed by atoms with van der Waals surface area (Å²) in [5, 5.41) is 0. The van der Waals surface area contributed by atoms with Crippen LogP contribution in [0.2, 0.25) is 0 Å². The first-order valence-corrected chi connectivity index (χ1v) is 6.11. The van der Waals surface area contributed by atoms with E-state index in [1.807, 2.05) is 19.1 Å². The smallest absolute Gasteiger partial charge is 0.165 e. The van der Waals surface area contributed by atoms with Gasteiger partial charge >= 0.3 is 0 Å². The molecule has 0 heterocycles. The molecule has 0 aliphatic rings. The molecule has 0 spiro atoms. The second-order valence-corrected chi connectivity index (χ2v) is 3.74. The number of hydrogen-bond acceptors (Lipinski definition) is 3. The molecule has 3 nitrogen and oxygen atoms in total. The van der Waals surface area contributed by atoms with Gasteiger partial charge in [-0.15, -0.1) is 0 Å². The summed E-state index contributed by atoms with van der Waals surface area (Å²) in [6.45, 7) is 5.83. The summed E-state index contributed by atoms with van der Waals surface area (Å²) in [4.78, 5) is 11.7. The van der Waals surface area contributed by atoms with Gasteiger partial charge < -0.3 is 9.47 Å². The fourth-order valence-electron chi connectivity index (χ4n) is 1.41. The third-order valence-electron chi connectivity index (χ3n) is 2.33. The zero-order chi connectivity index (χ0) is 12.5. The van der Waals surface area contributed by atoms with Gasteiger partial charge in [-0.2, -0.15) is 0 Å². The first-order valence-electron chi connectivity index (χ1n) is 6.11. The summed E-state index contributed by atoms with van der Waals surface area (Å²) in [6.07, 6.45) is 1.41. The molecule has 0 saturated carbocycles. The van der Waals surface area contributed by atoms with Crippen molar-refractivity contribution >= 4 is 5.78 Å². The minimum absolute atomic E-state index is 0.112. The molecule has 0 unspecified atom stereocenters. The number of rotatable bonds is 8. The number of carbonyl (C=O) groups excluding carboxylic acids is 1. The molecule has 3 heteroatoms. The Kier molecular flexibility index (Phi) is 6.33. The summed E-state index contributed by atoms with van der Waals surface area (Å²) in [6, 6.07) is 7.28. The summed E-state index contributed by atoms with van der Waals surface area (Å²) in [7, 11) is 0. The largest absolute Gasteiger partial charge is 0.494 e. The van der Waals surface area contributed by atoms with Crippen molar-refractivity contribution in [3.63, 3.8) is 0 Å². The van der Waals surface area contributed by atoms with Gasteiger partial charge in [-0.05, 0) is 37.6 Å². The Morgan fingerprint density at radius 2 is 1.82 bits per heavy atom. The molecule has 0 atom stereocenters. The van der Waals surface area contributed by atoms with Gasteiger partial charge in [0, 0.05) is 18.6 Å². The second kappa shape index (κ2) is 7.85. The molecular formula is C14H20O3. The highest BCUT2D eigenvalue weighted by Crippen LogP contribution is 2.13. The molecule has 0 fully saturated rings. The Labute approximate surface area is 103 Å². The van der Waals surface area contributed by atoms with Crippen LogP contribution in [0.3, 0.4) is 0 Å². The second-order valence-electron chi connectivity index (χ2n) is 3.74. The van der Waals surface area contributed by atoms with E-state index in [4.69, 9.17) is 9.47 Å². The molecule has 17 heavy (non-hydrogen) atoms. The van der Waals surface area contributed by atoms with Crippen LogP contribution >= 0.6 is 0 Å². The molecule has 0 radical (unpaired) electrons. The highest BCUT2D eigenvalue weighted by atomic mass is 16.5. The fraction of sp³-hybridized carbons (Fsp3) is 0.500. The van der Waals surface area contributed by atoms with E-state index in [0.29, 0.717) is 31.8 Å². The molecule has 1 rings (SSSR count). The Bertz CT molecular complexity index is 330. The summed E-state index contributed by atoms with van der Waals surface area (Å²) < 4.78 is 10.6. The lowest BCUT2D eigenvalue weighted by atomic mass is 10.1. The van der Waals surface area contributed by atoms with Crippen LogP contribution in [0.4, 0.5) is 0 Å². The molecular weight excluding hydrogens is 216 g/mol. The Balaban J connectivity index is 2.46. The lowest BCUT2D eigenvalue weighted by molar-refractivity contribution is 0.0896. The highest BCUT2D eigenvalue weighted by Gasteiger charge is 2.05. The minimum Gasteiger partial charge on any atom is -0.494 e. The average Bonchev–Trinajstić information content (AvgIpc) is 2.37. The van der Waals surface area contributed by atoms with E-state index < -0.39 is 0 Å². The third kappa shape index (κ3) is 5.00. The Morgan fingerprint density at radius 3 is 2.41 bits per heavy atom. The molecule has 1 aromatic carbocycles. The van der Waals surface area contributed by atoms with E-state index in [0.717, 1.165) is 12.2 Å². The third-order valence-corrected chi connectivity index (χ3v) is 2.33. The lowest BCUT2D eigenvalue weighted by Crippen LogP contribution is -2.04. The molecule has 0 aliphatic carbocycles. The van der Waals surface area contributed by atoms with Crippen molar-refractivity contribution < 1.29 is 14.3 Å². The van der Waals surface area contributed by atoms with E-state index in [9.17, 15) is 4.79 Å². The molecule has 94 valence electrons. The molecule has 0 aromatic heterocycles. The Hall–Kier alpha value is -1.35. The zero-order valence-electron chi connectivity index (χ0n) is 10.6. The highest BCUT2D eigenvalue weighted by molar-refractivity contribution is 5.96. The van der Waals surface area contributed by atoms with Crippen molar-refractivity contribution in [1.29, 1.82) is 0 Å². The first-order chi connectivity index (χ1) is 8.27. The van der Waals surface area contributed by atoms with Crippen LogP contribution in [-0.2, 0) is 4.74 Å². The maximum absolute atomic E-state index is 11.7. The van der Waals surface area contributed by atoms with Crippen LogP contribution < -0.4 is 4.74 Å². The van der Waals surface area contributed by atoms with E-state index in [2.05, 4.69) is 6.92 Å². The summed E-state index contributed by atoms with van der Waals surface area (Å²) in [5.74, 6) is 0.925.